The van der Waals surface area contributed by atoms with Gasteiger partial charge in [-0.05, 0) is 62.0 Å². The van der Waals surface area contributed by atoms with E-state index in [0.717, 1.165) is 36.5 Å². The van der Waals surface area contributed by atoms with E-state index in [2.05, 4.69) is 45.9 Å². The van der Waals surface area contributed by atoms with E-state index in [9.17, 15) is 19.3 Å². The number of fused-ring (bicyclic) bond motifs is 2. The van der Waals surface area contributed by atoms with Crippen LogP contribution in [0.25, 0.3) is 21.9 Å². The number of allylic oxidation sites excluding steroid dienone is 2. The lowest BCUT2D eigenvalue weighted by Gasteiger charge is -2.24. The Bertz CT molecular complexity index is 2000. The SMILES string of the molecule is C=C1C(n2cnc3c(=O)[nH]c(N)nc32)C[C@H](O)[C@H]1COP(=O)(CCCNC(=O)CCCCCCC/C=C\CCCCCCCC)Oc1cccc2ccccc12. The number of unbranched alkanes of at least 4 members (excludes halogenated alkanes) is 11. The van der Waals surface area contributed by atoms with Crippen LogP contribution < -0.4 is 21.1 Å². The van der Waals surface area contributed by atoms with E-state index in [-0.39, 0.29) is 42.2 Å². The summed E-state index contributed by atoms with van der Waals surface area (Å²) in [5, 5.41) is 15.9. The summed E-state index contributed by atoms with van der Waals surface area (Å²) in [6.45, 7) is 6.73. The lowest BCUT2D eigenvalue weighted by atomic mass is 10.0. The Morgan fingerprint density at radius 3 is 2.48 bits per heavy atom. The number of nitrogens with two attached hydrogens (primary N) is 1. The Labute approximate surface area is 330 Å². The van der Waals surface area contributed by atoms with Gasteiger partial charge in [0.15, 0.2) is 11.2 Å². The minimum absolute atomic E-state index is 0.0185. The monoisotopic (exact) mass is 788 g/mol. The maximum atomic E-state index is 14.5. The summed E-state index contributed by atoms with van der Waals surface area (Å²) in [5.74, 6) is -0.205. The molecule has 2 unspecified atom stereocenters. The molecule has 2 aromatic heterocycles. The van der Waals surface area contributed by atoms with Crippen molar-refractivity contribution in [2.24, 2.45) is 5.92 Å². The summed E-state index contributed by atoms with van der Waals surface area (Å²) in [4.78, 5) is 35.9. The second-order valence-electron chi connectivity index (χ2n) is 15.0. The van der Waals surface area contributed by atoms with E-state index in [0.29, 0.717) is 30.7 Å². The van der Waals surface area contributed by atoms with Gasteiger partial charge in [0.2, 0.25) is 11.9 Å². The number of imidazole rings is 1. The number of rotatable bonds is 25. The first-order valence-electron chi connectivity index (χ1n) is 20.6. The van der Waals surface area contributed by atoms with Gasteiger partial charge in [0.1, 0.15) is 5.75 Å². The van der Waals surface area contributed by atoms with Crippen molar-refractivity contribution in [3.8, 4) is 5.75 Å². The zero-order valence-corrected chi connectivity index (χ0v) is 33.9. The highest BCUT2D eigenvalue weighted by molar-refractivity contribution is 7.54. The van der Waals surface area contributed by atoms with Crippen molar-refractivity contribution in [1.82, 2.24) is 24.8 Å². The summed E-state index contributed by atoms with van der Waals surface area (Å²) in [7, 11) is -3.80. The fourth-order valence-corrected chi connectivity index (χ4v) is 9.09. The van der Waals surface area contributed by atoms with Gasteiger partial charge in [-0.3, -0.25) is 19.1 Å². The first-order chi connectivity index (χ1) is 27.2. The van der Waals surface area contributed by atoms with Gasteiger partial charge < -0.3 is 25.2 Å². The van der Waals surface area contributed by atoms with Crippen molar-refractivity contribution in [3.63, 3.8) is 0 Å². The fraction of sp³-hybridized carbons (Fsp3) is 0.535. The first kappa shape index (κ1) is 42.9. The van der Waals surface area contributed by atoms with Gasteiger partial charge in [0, 0.05) is 24.3 Å². The molecular formula is C43H61N6O6P. The molecule has 13 heteroatoms. The largest absolute Gasteiger partial charge is 0.424 e. The summed E-state index contributed by atoms with van der Waals surface area (Å²) < 4.78 is 28.5. The molecule has 0 aliphatic heterocycles. The number of benzene rings is 2. The van der Waals surface area contributed by atoms with E-state index in [1.54, 1.807) is 10.6 Å². The Morgan fingerprint density at radius 2 is 1.71 bits per heavy atom. The molecule has 5 rings (SSSR count). The molecule has 2 heterocycles. The van der Waals surface area contributed by atoms with Crippen LogP contribution in [-0.4, -0.2) is 56.0 Å². The highest BCUT2D eigenvalue weighted by Gasteiger charge is 2.40. The molecule has 0 spiro atoms. The molecule has 1 saturated carbocycles. The van der Waals surface area contributed by atoms with Crippen molar-refractivity contribution in [1.29, 1.82) is 0 Å². The molecule has 304 valence electrons. The van der Waals surface area contributed by atoms with Crippen molar-refractivity contribution in [2.45, 2.75) is 122 Å². The Morgan fingerprint density at radius 1 is 1.02 bits per heavy atom. The first-order valence-corrected chi connectivity index (χ1v) is 22.3. The molecule has 0 radical (unpaired) electrons. The highest BCUT2D eigenvalue weighted by Crippen LogP contribution is 2.52. The molecule has 56 heavy (non-hydrogen) atoms. The average Bonchev–Trinajstić information content (AvgIpc) is 3.73. The van der Waals surface area contributed by atoms with Gasteiger partial charge in [-0.2, -0.15) is 4.98 Å². The van der Waals surface area contributed by atoms with Crippen LogP contribution in [0.1, 0.15) is 116 Å². The molecule has 12 nitrogen and oxygen atoms in total. The van der Waals surface area contributed by atoms with Crippen LogP contribution in [0.3, 0.4) is 0 Å². The number of amides is 1. The zero-order chi connectivity index (χ0) is 39.8. The zero-order valence-electron chi connectivity index (χ0n) is 33.0. The minimum atomic E-state index is -3.80. The van der Waals surface area contributed by atoms with Crippen molar-refractivity contribution < 1.29 is 23.5 Å². The van der Waals surface area contributed by atoms with Crippen molar-refractivity contribution >= 4 is 41.4 Å². The van der Waals surface area contributed by atoms with Crippen LogP contribution in [0.15, 0.2) is 77.9 Å². The van der Waals surface area contributed by atoms with E-state index in [1.165, 1.54) is 64.1 Å². The van der Waals surface area contributed by atoms with Gasteiger partial charge in [0.05, 0.1) is 31.2 Å². The van der Waals surface area contributed by atoms with E-state index >= 15 is 0 Å². The Hall–Kier alpha value is -4.25. The van der Waals surface area contributed by atoms with Crippen LogP contribution >= 0.6 is 7.60 Å². The number of nitrogens with zero attached hydrogens (tertiary/aromatic N) is 3. The third-order valence-electron chi connectivity index (χ3n) is 10.7. The van der Waals surface area contributed by atoms with Crippen LogP contribution in [0.2, 0.25) is 0 Å². The summed E-state index contributed by atoms with van der Waals surface area (Å²) >= 11 is 0. The number of nitrogen functional groups attached to an aromatic ring is 1. The van der Waals surface area contributed by atoms with Crippen LogP contribution in [0.4, 0.5) is 5.95 Å². The fourth-order valence-electron chi connectivity index (χ4n) is 7.42. The number of anilines is 1. The van der Waals surface area contributed by atoms with Gasteiger partial charge in [-0.25, -0.2) is 9.55 Å². The maximum Gasteiger partial charge on any atom is 0.379 e. The predicted octanol–water partition coefficient (Wildman–Crippen LogP) is 9.17. The van der Waals surface area contributed by atoms with Crippen molar-refractivity contribution in [3.05, 3.63) is 83.4 Å². The van der Waals surface area contributed by atoms with Crippen LogP contribution in [-0.2, 0) is 13.9 Å². The molecule has 1 amide bonds. The summed E-state index contributed by atoms with van der Waals surface area (Å²) in [6, 6.07) is 12.8. The summed E-state index contributed by atoms with van der Waals surface area (Å²) in [6.07, 6.45) is 22.1. The van der Waals surface area contributed by atoms with Gasteiger partial charge in [0.25, 0.3) is 5.56 Å². The quantitative estimate of drug-likeness (QED) is 0.0290. The molecule has 4 aromatic rings. The molecular weight excluding hydrogens is 727 g/mol. The molecule has 0 bridgehead atoms. The third kappa shape index (κ3) is 12.4. The lowest BCUT2D eigenvalue weighted by molar-refractivity contribution is -0.121. The highest BCUT2D eigenvalue weighted by atomic mass is 31.2. The number of hydrogen-bond acceptors (Lipinski definition) is 9. The average molecular weight is 789 g/mol. The van der Waals surface area contributed by atoms with Gasteiger partial charge >= 0.3 is 7.60 Å². The number of carbonyl (C=O) groups excluding carboxylic acids is 1. The second kappa shape index (κ2) is 21.9. The van der Waals surface area contributed by atoms with Crippen LogP contribution in [0.5, 0.6) is 5.75 Å². The number of nitrogens with one attached hydrogen (secondary N) is 2. The molecule has 1 aliphatic carbocycles. The molecule has 5 N–H and O–H groups in total. The molecule has 1 fully saturated rings. The standard InChI is InChI=1S/C43H61N6O6P/c1-3-4-5-6-7-8-9-10-11-12-13-14-15-16-17-26-39(51)45-27-21-28-56(53,55-38-25-20-23-33-22-18-19-24-34(33)38)54-30-35-32(2)36(29-37(35)50)49-31-46-40-41(49)47-43(44)48-42(40)52/h10-11,18-20,22-25,31,35-37,50H,2-9,12-17,21,26-30H2,1H3,(H,45,51)(H3,44,47,48,52)/b11-10-/t35-,36?,37-,56?/m0/s1. The number of hydrogen-bond donors (Lipinski definition) is 4. The number of aliphatic hydroxyl groups is 1. The van der Waals surface area contributed by atoms with Crippen molar-refractivity contribution in [2.75, 3.05) is 25.0 Å². The van der Waals surface area contributed by atoms with E-state index in [1.807, 2.05) is 36.4 Å². The Balaban J connectivity index is 1.08. The number of H-pyrrole nitrogens is 1. The number of aliphatic hydroxyl groups excluding tert-OH is 1. The normalized spacial score (nSPS) is 18.2. The number of carbonyl (C=O) groups is 1. The third-order valence-corrected chi connectivity index (χ3v) is 12.5. The number of aromatic nitrogens is 4. The molecule has 2 aromatic carbocycles. The molecule has 4 atom stereocenters. The van der Waals surface area contributed by atoms with Crippen LogP contribution in [0, 0.1) is 5.92 Å². The van der Waals surface area contributed by atoms with E-state index < -0.39 is 31.2 Å². The summed E-state index contributed by atoms with van der Waals surface area (Å²) in [5.41, 5.74) is 6.39. The Kier molecular flexibility index (Phi) is 16.8. The topological polar surface area (TPSA) is 174 Å². The second-order valence-corrected chi connectivity index (χ2v) is 17.1. The maximum absolute atomic E-state index is 14.5. The number of aromatic amines is 1. The minimum Gasteiger partial charge on any atom is -0.424 e. The van der Waals surface area contributed by atoms with E-state index in [4.69, 9.17) is 14.8 Å². The molecule has 0 saturated heterocycles. The predicted molar refractivity (Wildman–Crippen MR) is 225 cm³/mol. The van der Waals surface area contributed by atoms with Gasteiger partial charge in [-0.15, -0.1) is 0 Å². The van der Waals surface area contributed by atoms with Gasteiger partial charge in [-0.1, -0.05) is 113 Å². The molecule has 1 aliphatic rings. The lowest BCUT2D eigenvalue weighted by Crippen LogP contribution is -2.25. The smallest absolute Gasteiger partial charge is 0.379 e.